The summed E-state index contributed by atoms with van der Waals surface area (Å²) < 4.78 is 0. The lowest BCUT2D eigenvalue weighted by molar-refractivity contribution is 0.102. The minimum atomic E-state index is -0.271. The molecule has 5 nitrogen and oxygen atoms in total. The third kappa shape index (κ3) is 3.90. The summed E-state index contributed by atoms with van der Waals surface area (Å²) >= 11 is 0. The fourth-order valence-corrected chi connectivity index (χ4v) is 2.90. The van der Waals surface area contributed by atoms with Gasteiger partial charge >= 0.3 is 0 Å². The number of nitrogens with one attached hydrogen (secondary N) is 1. The van der Waals surface area contributed by atoms with Gasteiger partial charge in [-0.05, 0) is 43.2 Å². The van der Waals surface area contributed by atoms with E-state index in [-0.39, 0.29) is 5.91 Å². The Morgan fingerprint density at radius 3 is 2.58 bits per heavy atom. The molecule has 122 valence electrons. The molecule has 1 saturated heterocycles. The van der Waals surface area contributed by atoms with Crippen LogP contribution in [0.3, 0.4) is 0 Å². The molecule has 1 amide bonds. The van der Waals surface area contributed by atoms with Gasteiger partial charge in [-0.2, -0.15) is 5.26 Å². The van der Waals surface area contributed by atoms with Crippen LogP contribution in [0.25, 0.3) is 0 Å². The summed E-state index contributed by atoms with van der Waals surface area (Å²) in [5.41, 5.74) is 2.55. The van der Waals surface area contributed by atoms with Crippen molar-refractivity contribution in [2.75, 3.05) is 23.3 Å². The monoisotopic (exact) mass is 320 g/mol. The van der Waals surface area contributed by atoms with E-state index in [1.54, 1.807) is 36.5 Å². The number of nitrogens with zero attached hydrogens (tertiary/aromatic N) is 3. The van der Waals surface area contributed by atoms with Crippen molar-refractivity contribution in [2.24, 2.45) is 0 Å². The molecular formula is C19H20N4O. The molecule has 1 aromatic carbocycles. The van der Waals surface area contributed by atoms with Crippen molar-refractivity contribution in [3.05, 3.63) is 53.9 Å². The Kier molecular flexibility index (Phi) is 5.07. The second-order valence-electron chi connectivity index (χ2n) is 5.95. The highest BCUT2D eigenvalue weighted by molar-refractivity contribution is 6.03. The van der Waals surface area contributed by atoms with Crippen molar-refractivity contribution >= 4 is 17.3 Å². The Hall–Kier alpha value is -2.87. The number of hydrogen-bond donors (Lipinski definition) is 1. The van der Waals surface area contributed by atoms with E-state index >= 15 is 0 Å². The van der Waals surface area contributed by atoms with Crippen molar-refractivity contribution < 1.29 is 4.79 Å². The third-order valence-electron chi connectivity index (χ3n) is 4.20. The molecule has 0 unspecified atom stereocenters. The summed E-state index contributed by atoms with van der Waals surface area (Å²) in [6.07, 6.45) is 6.75. The fraction of sp³-hybridized carbons (Fsp3) is 0.316. The predicted molar refractivity (Wildman–Crippen MR) is 94.0 cm³/mol. The Bertz CT molecular complexity index is 741. The van der Waals surface area contributed by atoms with Gasteiger partial charge in [0.05, 0.1) is 23.5 Å². The third-order valence-corrected chi connectivity index (χ3v) is 4.20. The Morgan fingerprint density at radius 2 is 1.92 bits per heavy atom. The zero-order valence-electron chi connectivity index (χ0n) is 13.5. The van der Waals surface area contributed by atoms with Gasteiger partial charge in [0.25, 0.3) is 5.91 Å². The SMILES string of the molecule is N#Cc1cccc(NC(=O)c2ccc(N3CCCCCC3)cn2)c1. The van der Waals surface area contributed by atoms with E-state index in [2.05, 4.69) is 21.3 Å². The zero-order valence-corrected chi connectivity index (χ0v) is 13.5. The van der Waals surface area contributed by atoms with E-state index < -0.39 is 0 Å². The van der Waals surface area contributed by atoms with Crippen LogP contribution in [-0.2, 0) is 0 Å². The first-order chi connectivity index (χ1) is 11.8. The van der Waals surface area contributed by atoms with Crippen molar-refractivity contribution in [1.29, 1.82) is 5.26 Å². The lowest BCUT2D eigenvalue weighted by Gasteiger charge is -2.22. The van der Waals surface area contributed by atoms with Gasteiger partial charge in [-0.1, -0.05) is 18.9 Å². The molecule has 2 aromatic rings. The Labute approximate surface area is 141 Å². The maximum absolute atomic E-state index is 12.3. The first-order valence-electron chi connectivity index (χ1n) is 8.29. The molecule has 1 aliphatic heterocycles. The first kappa shape index (κ1) is 16.0. The summed E-state index contributed by atoms with van der Waals surface area (Å²) in [5.74, 6) is -0.271. The van der Waals surface area contributed by atoms with E-state index in [4.69, 9.17) is 5.26 Å². The van der Waals surface area contributed by atoms with Crippen molar-refractivity contribution in [1.82, 2.24) is 4.98 Å². The van der Waals surface area contributed by atoms with Gasteiger partial charge in [-0.25, -0.2) is 4.98 Å². The average molecular weight is 320 g/mol. The minimum absolute atomic E-state index is 0.271. The summed E-state index contributed by atoms with van der Waals surface area (Å²) in [6.45, 7) is 2.10. The quantitative estimate of drug-likeness (QED) is 0.938. The number of carbonyl (C=O) groups excluding carboxylic acids is 1. The van der Waals surface area contributed by atoms with E-state index in [1.807, 2.05) is 6.07 Å². The molecule has 2 heterocycles. The van der Waals surface area contributed by atoms with E-state index in [0.29, 0.717) is 16.9 Å². The molecule has 24 heavy (non-hydrogen) atoms. The van der Waals surface area contributed by atoms with Gasteiger partial charge in [0.15, 0.2) is 0 Å². The van der Waals surface area contributed by atoms with Gasteiger partial charge < -0.3 is 10.2 Å². The highest BCUT2D eigenvalue weighted by atomic mass is 16.1. The van der Waals surface area contributed by atoms with Crippen LogP contribution >= 0.6 is 0 Å². The van der Waals surface area contributed by atoms with Crippen LogP contribution in [-0.4, -0.2) is 24.0 Å². The average Bonchev–Trinajstić information content (AvgIpc) is 2.91. The van der Waals surface area contributed by atoms with Crippen LogP contribution in [0.15, 0.2) is 42.6 Å². The van der Waals surface area contributed by atoms with Gasteiger partial charge in [0, 0.05) is 18.8 Å². The summed E-state index contributed by atoms with van der Waals surface area (Å²) in [6, 6.07) is 12.6. The summed E-state index contributed by atoms with van der Waals surface area (Å²) in [4.78, 5) is 18.9. The van der Waals surface area contributed by atoms with E-state index in [0.717, 1.165) is 18.8 Å². The molecule has 0 saturated carbocycles. The summed E-state index contributed by atoms with van der Waals surface area (Å²) in [7, 11) is 0. The van der Waals surface area contributed by atoms with Crippen molar-refractivity contribution in [3.8, 4) is 6.07 Å². The molecule has 1 fully saturated rings. The Balaban J connectivity index is 1.68. The molecule has 0 spiro atoms. The molecule has 1 aliphatic rings. The number of rotatable bonds is 3. The van der Waals surface area contributed by atoms with Crippen molar-refractivity contribution in [3.63, 3.8) is 0 Å². The topological polar surface area (TPSA) is 69.0 Å². The summed E-state index contributed by atoms with van der Waals surface area (Å²) in [5, 5.41) is 11.7. The zero-order chi connectivity index (χ0) is 16.8. The first-order valence-corrected chi connectivity index (χ1v) is 8.29. The minimum Gasteiger partial charge on any atom is -0.370 e. The van der Waals surface area contributed by atoms with E-state index in [1.165, 1.54) is 25.7 Å². The second-order valence-corrected chi connectivity index (χ2v) is 5.95. The predicted octanol–water partition coefficient (Wildman–Crippen LogP) is 3.59. The number of carbonyl (C=O) groups is 1. The molecule has 1 aromatic heterocycles. The van der Waals surface area contributed by atoms with E-state index in [9.17, 15) is 4.79 Å². The van der Waals surface area contributed by atoms with Crippen molar-refractivity contribution in [2.45, 2.75) is 25.7 Å². The van der Waals surface area contributed by atoms with Gasteiger partial charge in [0.1, 0.15) is 5.69 Å². The number of hydrogen-bond acceptors (Lipinski definition) is 4. The molecule has 0 bridgehead atoms. The van der Waals surface area contributed by atoms with Gasteiger partial charge in [-0.3, -0.25) is 4.79 Å². The maximum Gasteiger partial charge on any atom is 0.274 e. The Morgan fingerprint density at radius 1 is 1.12 bits per heavy atom. The lowest BCUT2D eigenvalue weighted by Crippen LogP contribution is -2.24. The highest BCUT2D eigenvalue weighted by Gasteiger charge is 2.12. The number of benzene rings is 1. The molecular weight excluding hydrogens is 300 g/mol. The highest BCUT2D eigenvalue weighted by Crippen LogP contribution is 2.19. The number of pyridine rings is 1. The van der Waals surface area contributed by atoms with Crippen LogP contribution in [0.1, 0.15) is 41.7 Å². The van der Waals surface area contributed by atoms with Crippen LogP contribution in [0.5, 0.6) is 0 Å². The molecule has 3 rings (SSSR count). The van der Waals surface area contributed by atoms with Crippen LogP contribution in [0.2, 0.25) is 0 Å². The molecule has 0 radical (unpaired) electrons. The standard InChI is InChI=1S/C19H20N4O/c20-13-15-6-5-7-16(12-15)22-19(24)18-9-8-17(14-21-18)23-10-3-1-2-4-11-23/h5-9,12,14H,1-4,10-11H2,(H,22,24). The number of anilines is 2. The fourth-order valence-electron chi connectivity index (χ4n) is 2.90. The molecule has 5 heteroatoms. The molecule has 0 atom stereocenters. The smallest absolute Gasteiger partial charge is 0.274 e. The van der Waals surface area contributed by atoms with Crippen LogP contribution < -0.4 is 10.2 Å². The maximum atomic E-state index is 12.3. The van der Waals surface area contributed by atoms with Gasteiger partial charge in [-0.15, -0.1) is 0 Å². The number of nitriles is 1. The molecule has 1 N–H and O–H groups in total. The normalized spacial score (nSPS) is 14.5. The van der Waals surface area contributed by atoms with Crippen LogP contribution in [0.4, 0.5) is 11.4 Å². The van der Waals surface area contributed by atoms with Gasteiger partial charge in [0.2, 0.25) is 0 Å². The number of aromatic nitrogens is 1. The second kappa shape index (κ2) is 7.60. The van der Waals surface area contributed by atoms with Crippen LogP contribution in [0, 0.1) is 11.3 Å². The molecule has 0 aliphatic carbocycles. The largest absolute Gasteiger partial charge is 0.370 e. The lowest BCUT2D eigenvalue weighted by atomic mass is 10.2. The number of amides is 1.